The third-order valence-corrected chi connectivity index (χ3v) is 3.61. The maximum absolute atomic E-state index is 11.3. The molecule has 0 spiro atoms. The topological polar surface area (TPSA) is 49.8 Å². The van der Waals surface area contributed by atoms with Crippen LogP contribution < -0.4 is 0 Å². The summed E-state index contributed by atoms with van der Waals surface area (Å²) < 4.78 is 4.54. The van der Waals surface area contributed by atoms with Crippen LogP contribution in [0.2, 0.25) is 0 Å². The largest absolute Gasteiger partial charge is 0.422 e. The predicted octanol–water partition coefficient (Wildman–Crippen LogP) is 1.62. The van der Waals surface area contributed by atoms with Crippen molar-refractivity contribution in [1.82, 2.24) is 4.90 Å². The molecule has 1 aromatic heterocycles. The quantitative estimate of drug-likeness (QED) is 0.781. The lowest BCUT2D eigenvalue weighted by Crippen LogP contribution is -2.29. The van der Waals surface area contributed by atoms with Crippen LogP contribution in [0.15, 0.2) is 17.5 Å². The van der Waals surface area contributed by atoms with Gasteiger partial charge in [-0.05, 0) is 17.9 Å². The van der Waals surface area contributed by atoms with Crippen molar-refractivity contribution in [3.05, 3.63) is 22.4 Å². The van der Waals surface area contributed by atoms with Crippen molar-refractivity contribution in [2.75, 3.05) is 19.9 Å². The molecule has 0 bridgehead atoms. The Hall–Kier alpha value is -1.07. The zero-order valence-electron chi connectivity index (χ0n) is 8.26. The molecule has 82 valence electrons. The van der Waals surface area contributed by atoms with E-state index in [0.717, 1.165) is 6.42 Å². The first-order valence-corrected chi connectivity index (χ1v) is 5.75. The lowest BCUT2D eigenvalue weighted by molar-refractivity contribution is 0.0256. The summed E-state index contributed by atoms with van der Waals surface area (Å²) in [5, 5.41) is 10.5. The van der Waals surface area contributed by atoms with Gasteiger partial charge in [-0.2, -0.15) is 0 Å². The van der Waals surface area contributed by atoms with Crippen LogP contribution in [0.1, 0.15) is 17.2 Å². The first kappa shape index (κ1) is 10.4. The third kappa shape index (κ3) is 2.30. The molecule has 0 aliphatic carbocycles. The van der Waals surface area contributed by atoms with E-state index in [1.807, 2.05) is 11.4 Å². The zero-order chi connectivity index (χ0) is 10.7. The van der Waals surface area contributed by atoms with Gasteiger partial charge in [0, 0.05) is 23.9 Å². The molecule has 1 aliphatic rings. The maximum Gasteiger partial charge on any atom is 0.411 e. The molecule has 1 saturated heterocycles. The fraction of sp³-hybridized carbons (Fsp3) is 0.500. The third-order valence-electron chi connectivity index (χ3n) is 2.58. The Bertz CT molecular complexity index is 325. The Kier molecular flexibility index (Phi) is 3.23. The standard InChI is InChI=1S/C10H13NO3S/c12-7-14-10(13)11-4-3-8(6-11)9-2-1-5-15-9/h1-2,5,8,12H,3-4,6-7H2. The average molecular weight is 227 g/mol. The number of hydrogen-bond acceptors (Lipinski definition) is 4. The van der Waals surface area contributed by atoms with Crippen molar-refractivity contribution >= 4 is 17.4 Å². The van der Waals surface area contributed by atoms with E-state index in [-0.39, 0.29) is 0 Å². The molecule has 1 fully saturated rings. The molecule has 1 aliphatic heterocycles. The fourth-order valence-electron chi connectivity index (χ4n) is 1.83. The van der Waals surface area contributed by atoms with Gasteiger partial charge in [0.25, 0.3) is 0 Å². The Labute approximate surface area is 92.1 Å². The summed E-state index contributed by atoms with van der Waals surface area (Å²) in [6.45, 7) is 0.861. The highest BCUT2D eigenvalue weighted by molar-refractivity contribution is 7.10. The molecule has 15 heavy (non-hydrogen) atoms. The molecule has 1 N–H and O–H groups in total. The fourth-order valence-corrected chi connectivity index (χ4v) is 2.68. The first-order chi connectivity index (χ1) is 7.31. The molecule has 0 radical (unpaired) electrons. The molecule has 4 nitrogen and oxygen atoms in total. The maximum atomic E-state index is 11.3. The van der Waals surface area contributed by atoms with Crippen LogP contribution in [0.25, 0.3) is 0 Å². The Morgan fingerprint density at radius 2 is 2.60 bits per heavy atom. The molecule has 1 atom stereocenters. The SMILES string of the molecule is O=C(OCO)N1CCC(c2cccs2)C1. The van der Waals surface area contributed by atoms with E-state index in [1.54, 1.807) is 16.2 Å². The van der Waals surface area contributed by atoms with Gasteiger partial charge in [-0.25, -0.2) is 4.79 Å². The summed E-state index contributed by atoms with van der Waals surface area (Å²) in [6.07, 6.45) is 0.553. The highest BCUT2D eigenvalue weighted by Crippen LogP contribution is 2.30. The summed E-state index contributed by atoms with van der Waals surface area (Å²) in [5.41, 5.74) is 0. The van der Waals surface area contributed by atoms with Gasteiger partial charge in [-0.15, -0.1) is 11.3 Å². The number of likely N-dealkylation sites (tertiary alicyclic amines) is 1. The molecule has 2 heterocycles. The molecule has 0 saturated carbocycles. The van der Waals surface area contributed by atoms with Gasteiger partial charge in [-0.3, -0.25) is 0 Å². The number of hydrogen-bond donors (Lipinski definition) is 1. The summed E-state index contributed by atoms with van der Waals surface area (Å²) in [5.74, 6) is 0.427. The van der Waals surface area contributed by atoms with E-state index in [9.17, 15) is 4.79 Å². The monoisotopic (exact) mass is 227 g/mol. The number of thiophene rings is 1. The lowest BCUT2D eigenvalue weighted by atomic mass is 10.1. The number of nitrogens with zero attached hydrogens (tertiary/aromatic N) is 1. The first-order valence-electron chi connectivity index (χ1n) is 4.87. The van der Waals surface area contributed by atoms with Crippen molar-refractivity contribution in [2.45, 2.75) is 12.3 Å². The Balaban J connectivity index is 1.92. The average Bonchev–Trinajstić information content (AvgIpc) is 2.89. The van der Waals surface area contributed by atoms with Crippen LogP contribution in [0.3, 0.4) is 0 Å². The number of rotatable bonds is 2. The van der Waals surface area contributed by atoms with E-state index >= 15 is 0 Å². The smallest absolute Gasteiger partial charge is 0.411 e. The molecule has 1 amide bonds. The van der Waals surface area contributed by atoms with Gasteiger partial charge >= 0.3 is 6.09 Å². The van der Waals surface area contributed by atoms with E-state index in [4.69, 9.17) is 5.11 Å². The lowest BCUT2D eigenvalue weighted by Gasteiger charge is -2.14. The second-order valence-electron chi connectivity index (χ2n) is 3.49. The number of amides is 1. The van der Waals surface area contributed by atoms with Gasteiger partial charge in [0.1, 0.15) is 0 Å². The van der Waals surface area contributed by atoms with Gasteiger partial charge in [0.2, 0.25) is 0 Å². The minimum atomic E-state index is -0.543. The predicted molar refractivity (Wildman–Crippen MR) is 56.8 cm³/mol. The Morgan fingerprint density at radius 3 is 3.27 bits per heavy atom. The van der Waals surface area contributed by atoms with Crippen LogP contribution in [0.4, 0.5) is 4.79 Å². The number of aliphatic hydroxyl groups excluding tert-OH is 1. The number of carbonyl (C=O) groups is 1. The highest BCUT2D eigenvalue weighted by Gasteiger charge is 2.28. The summed E-state index contributed by atoms with van der Waals surface area (Å²) >= 11 is 1.72. The van der Waals surface area contributed by atoms with Gasteiger partial charge in [0.15, 0.2) is 6.79 Å². The minimum Gasteiger partial charge on any atom is -0.422 e. The van der Waals surface area contributed by atoms with E-state index in [1.165, 1.54) is 4.88 Å². The number of aliphatic hydroxyl groups is 1. The van der Waals surface area contributed by atoms with Gasteiger partial charge in [-0.1, -0.05) is 6.07 Å². The van der Waals surface area contributed by atoms with Crippen molar-refractivity contribution < 1.29 is 14.6 Å². The van der Waals surface area contributed by atoms with E-state index in [2.05, 4.69) is 10.8 Å². The minimum absolute atomic E-state index is 0.420. The number of ether oxygens (including phenoxy) is 1. The molecule has 1 aromatic rings. The van der Waals surface area contributed by atoms with Gasteiger partial charge < -0.3 is 14.7 Å². The Morgan fingerprint density at radius 1 is 1.73 bits per heavy atom. The van der Waals surface area contributed by atoms with Crippen molar-refractivity contribution in [1.29, 1.82) is 0 Å². The van der Waals surface area contributed by atoms with Gasteiger partial charge in [0.05, 0.1) is 0 Å². The van der Waals surface area contributed by atoms with E-state index in [0.29, 0.717) is 19.0 Å². The van der Waals surface area contributed by atoms with Crippen molar-refractivity contribution in [2.24, 2.45) is 0 Å². The second kappa shape index (κ2) is 4.63. The molecule has 0 aromatic carbocycles. The van der Waals surface area contributed by atoms with Crippen LogP contribution in [-0.2, 0) is 4.74 Å². The molecular formula is C10H13NO3S. The summed E-state index contributed by atoms with van der Waals surface area (Å²) in [7, 11) is 0. The van der Waals surface area contributed by atoms with E-state index < -0.39 is 12.9 Å². The molecular weight excluding hydrogens is 214 g/mol. The van der Waals surface area contributed by atoms with Crippen molar-refractivity contribution in [3.63, 3.8) is 0 Å². The second-order valence-corrected chi connectivity index (χ2v) is 4.47. The van der Waals surface area contributed by atoms with Crippen LogP contribution in [0.5, 0.6) is 0 Å². The van der Waals surface area contributed by atoms with Crippen LogP contribution >= 0.6 is 11.3 Å². The van der Waals surface area contributed by atoms with Crippen LogP contribution in [0, 0.1) is 0 Å². The van der Waals surface area contributed by atoms with Crippen molar-refractivity contribution in [3.8, 4) is 0 Å². The zero-order valence-corrected chi connectivity index (χ0v) is 9.07. The highest BCUT2D eigenvalue weighted by atomic mass is 32.1. The normalized spacial score (nSPS) is 20.6. The number of carbonyl (C=O) groups excluding carboxylic acids is 1. The molecule has 1 unspecified atom stereocenters. The summed E-state index contributed by atoms with van der Waals surface area (Å²) in [6, 6.07) is 4.12. The molecule has 5 heteroatoms. The molecule has 2 rings (SSSR count). The van der Waals surface area contributed by atoms with Crippen LogP contribution in [-0.4, -0.2) is 36.0 Å². The summed E-state index contributed by atoms with van der Waals surface area (Å²) in [4.78, 5) is 14.3.